The van der Waals surface area contributed by atoms with Crippen molar-refractivity contribution in [1.82, 2.24) is 0 Å². The van der Waals surface area contributed by atoms with Crippen LogP contribution in [0.2, 0.25) is 0 Å². The highest BCUT2D eigenvalue weighted by Crippen LogP contribution is 2.22. The van der Waals surface area contributed by atoms with E-state index >= 15 is 0 Å². The van der Waals surface area contributed by atoms with E-state index in [4.69, 9.17) is 15.2 Å². The Morgan fingerprint density at radius 2 is 2.45 bits per heavy atom. The molecule has 0 aromatic rings. The molecular weight excluding hydrogens is 150 g/mol. The maximum Gasteiger partial charge on any atom is 0.277 e. The minimum atomic E-state index is -1.39. The molecule has 0 aromatic carbocycles. The molecule has 1 fully saturated rings. The molecule has 1 saturated heterocycles. The summed E-state index contributed by atoms with van der Waals surface area (Å²) in [5.41, 5.74) is 4.96. The molecule has 1 rings (SSSR count). The summed E-state index contributed by atoms with van der Waals surface area (Å²) >= 11 is 0. The van der Waals surface area contributed by atoms with Crippen LogP contribution in [-0.4, -0.2) is 31.0 Å². The molecule has 0 spiro atoms. The van der Waals surface area contributed by atoms with Gasteiger partial charge in [-0.05, 0) is 6.92 Å². The first-order valence-corrected chi connectivity index (χ1v) is 3.28. The lowest BCUT2D eigenvalue weighted by Gasteiger charge is -2.17. The zero-order chi connectivity index (χ0) is 8.48. The van der Waals surface area contributed by atoms with E-state index in [9.17, 15) is 9.90 Å². The third-order valence-corrected chi connectivity index (χ3v) is 1.57. The molecule has 0 aliphatic carbocycles. The largest absolute Gasteiger partial charge is 0.365 e. The molecule has 1 radical (unpaired) electrons. The number of hydrogen-bond donors (Lipinski definition) is 1. The Kier molecular flexibility index (Phi) is 2.12. The van der Waals surface area contributed by atoms with Gasteiger partial charge in [-0.25, -0.2) is 5.11 Å². The van der Waals surface area contributed by atoms with E-state index < -0.39 is 24.4 Å². The van der Waals surface area contributed by atoms with Gasteiger partial charge in [-0.2, -0.15) is 0 Å². The van der Waals surface area contributed by atoms with Gasteiger partial charge in [0.1, 0.15) is 12.7 Å². The van der Waals surface area contributed by atoms with Crippen molar-refractivity contribution in [2.24, 2.45) is 5.73 Å². The topological polar surface area (TPSA) is 81.5 Å². The third kappa shape index (κ3) is 1.50. The van der Waals surface area contributed by atoms with E-state index in [0.717, 1.165) is 0 Å². The van der Waals surface area contributed by atoms with Gasteiger partial charge in [0.15, 0.2) is 0 Å². The molecule has 1 aliphatic heterocycles. The smallest absolute Gasteiger partial charge is 0.277 e. The van der Waals surface area contributed by atoms with Crippen LogP contribution in [0.5, 0.6) is 0 Å². The number of hydrogen-bond acceptors (Lipinski definition) is 3. The molecule has 63 valence electrons. The molecule has 1 heterocycles. The zero-order valence-corrected chi connectivity index (χ0v) is 6.20. The van der Waals surface area contributed by atoms with Crippen molar-refractivity contribution in [2.75, 3.05) is 13.2 Å². The van der Waals surface area contributed by atoms with Crippen LogP contribution >= 0.6 is 0 Å². The minimum absolute atomic E-state index is 0.142. The Morgan fingerprint density at radius 3 is 2.73 bits per heavy atom. The number of carbonyl (C=O) groups is 1. The minimum Gasteiger partial charge on any atom is -0.365 e. The maximum absolute atomic E-state index is 10.7. The first kappa shape index (κ1) is 8.45. The summed E-state index contributed by atoms with van der Waals surface area (Å²) in [4.78, 5) is 10.7. The average Bonchev–Trinajstić information content (AvgIpc) is 2.33. The second-order valence-electron chi connectivity index (χ2n) is 2.53. The predicted octanol–water partition coefficient (Wildman–Crippen LogP) is -0.966. The van der Waals surface area contributed by atoms with E-state index in [0.29, 0.717) is 0 Å². The first-order valence-electron chi connectivity index (χ1n) is 3.28. The molecule has 2 atom stereocenters. The molecule has 2 N–H and O–H groups in total. The van der Waals surface area contributed by atoms with Crippen LogP contribution in [0.25, 0.3) is 0 Å². The molecule has 5 heteroatoms. The Morgan fingerprint density at radius 1 is 1.82 bits per heavy atom. The van der Waals surface area contributed by atoms with Crippen molar-refractivity contribution in [1.29, 1.82) is 0 Å². The summed E-state index contributed by atoms with van der Waals surface area (Å²) in [7, 11) is 0. The number of ether oxygens (including phenoxy) is 2. The van der Waals surface area contributed by atoms with Crippen LogP contribution < -0.4 is 5.73 Å². The van der Waals surface area contributed by atoms with Crippen LogP contribution in [-0.2, 0) is 19.4 Å². The van der Waals surface area contributed by atoms with Crippen LogP contribution in [0.4, 0.5) is 0 Å². The van der Waals surface area contributed by atoms with Crippen LogP contribution in [0.1, 0.15) is 6.92 Å². The molecule has 5 nitrogen and oxygen atoms in total. The summed E-state index contributed by atoms with van der Waals surface area (Å²) in [6.45, 7) is 1.14. The second-order valence-corrected chi connectivity index (χ2v) is 2.53. The summed E-state index contributed by atoms with van der Waals surface area (Å²) in [6.07, 6.45) is -0.549. The Hall–Kier alpha value is -0.650. The van der Waals surface area contributed by atoms with Gasteiger partial charge in [0, 0.05) is 0 Å². The number of nitrogens with two attached hydrogens (primary N) is 1. The van der Waals surface area contributed by atoms with Gasteiger partial charge < -0.3 is 15.2 Å². The van der Waals surface area contributed by atoms with Gasteiger partial charge in [0.25, 0.3) is 5.91 Å². The highest BCUT2D eigenvalue weighted by molar-refractivity contribution is 5.81. The lowest BCUT2D eigenvalue weighted by atomic mass is 10.3. The Balaban J connectivity index is 2.57. The standard InChI is InChI=1S/C6H10NO4/c1-6(5(7)9)10-3-4(2-8)11-6/h4H,2-3H2,1H3,(H2,7,9)/t4-,6?/m0/s1. The van der Waals surface area contributed by atoms with Crippen molar-refractivity contribution < 1.29 is 19.4 Å². The van der Waals surface area contributed by atoms with Gasteiger partial charge in [0.2, 0.25) is 5.79 Å². The molecule has 0 saturated carbocycles. The van der Waals surface area contributed by atoms with Crippen molar-refractivity contribution >= 4 is 5.91 Å². The van der Waals surface area contributed by atoms with Gasteiger partial charge in [-0.15, -0.1) is 0 Å². The molecule has 1 unspecified atom stereocenters. The predicted molar refractivity (Wildman–Crippen MR) is 34.0 cm³/mol. The van der Waals surface area contributed by atoms with E-state index in [-0.39, 0.29) is 6.61 Å². The summed E-state index contributed by atoms with van der Waals surface area (Å²) < 4.78 is 9.86. The fourth-order valence-corrected chi connectivity index (χ4v) is 0.849. The monoisotopic (exact) mass is 160 g/mol. The molecule has 0 aromatic heterocycles. The summed E-state index contributed by atoms with van der Waals surface area (Å²) in [6, 6.07) is 0. The highest BCUT2D eigenvalue weighted by atomic mass is 16.8. The van der Waals surface area contributed by atoms with Crippen molar-refractivity contribution in [3.63, 3.8) is 0 Å². The zero-order valence-electron chi connectivity index (χ0n) is 6.20. The first-order chi connectivity index (χ1) is 5.08. The lowest BCUT2D eigenvalue weighted by Crippen LogP contribution is -2.42. The summed E-state index contributed by atoms with van der Waals surface area (Å²) in [5, 5.41) is 10.3. The second kappa shape index (κ2) is 2.77. The van der Waals surface area contributed by atoms with Crippen molar-refractivity contribution in [3.8, 4) is 0 Å². The van der Waals surface area contributed by atoms with E-state index in [1.165, 1.54) is 6.92 Å². The highest BCUT2D eigenvalue weighted by Gasteiger charge is 2.42. The van der Waals surface area contributed by atoms with Gasteiger partial charge in [-0.3, -0.25) is 4.79 Å². The fourth-order valence-electron chi connectivity index (χ4n) is 0.849. The quantitative estimate of drug-likeness (QED) is 0.564. The van der Waals surface area contributed by atoms with E-state index in [1.54, 1.807) is 0 Å². The van der Waals surface area contributed by atoms with Crippen molar-refractivity contribution in [2.45, 2.75) is 18.8 Å². The van der Waals surface area contributed by atoms with Gasteiger partial charge >= 0.3 is 0 Å². The molecular formula is C6H10NO4. The average molecular weight is 160 g/mol. The number of rotatable bonds is 2. The van der Waals surface area contributed by atoms with Gasteiger partial charge in [-0.1, -0.05) is 0 Å². The van der Waals surface area contributed by atoms with Crippen LogP contribution in [0.3, 0.4) is 0 Å². The SMILES string of the molecule is CC1(C(N)=O)OC[C@H](C[O])O1. The number of primary amides is 1. The fraction of sp³-hybridized carbons (Fsp3) is 0.833. The third-order valence-electron chi connectivity index (χ3n) is 1.57. The van der Waals surface area contributed by atoms with E-state index in [1.807, 2.05) is 0 Å². The number of amides is 1. The molecule has 1 aliphatic rings. The van der Waals surface area contributed by atoms with Crippen LogP contribution in [0.15, 0.2) is 0 Å². The lowest BCUT2D eigenvalue weighted by molar-refractivity contribution is -0.179. The number of carbonyl (C=O) groups excluding carboxylic acids is 1. The van der Waals surface area contributed by atoms with Gasteiger partial charge in [0.05, 0.1) is 6.61 Å². The maximum atomic E-state index is 10.7. The molecule has 0 bridgehead atoms. The Labute approximate surface area is 64.1 Å². The van der Waals surface area contributed by atoms with Crippen molar-refractivity contribution in [3.05, 3.63) is 0 Å². The summed E-state index contributed by atoms with van der Waals surface area (Å²) in [5.74, 6) is -2.09. The molecule has 11 heavy (non-hydrogen) atoms. The van der Waals surface area contributed by atoms with Crippen LogP contribution in [0, 0.1) is 0 Å². The normalized spacial score (nSPS) is 37.5. The molecule has 1 amide bonds. The Bertz CT molecular complexity index is 172. The van der Waals surface area contributed by atoms with E-state index in [2.05, 4.69) is 0 Å².